The molecule has 3 rings (SSSR count). The zero-order valence-corrected chi connectivity index (χ0v) is 23.0. The highest BCUT2D eigenvalue weighted by Gasteiger charge is 2.43. The maximum absolute atomic E-state index is 13.5. The van der Waals surface area contributed by atoms with Crippen LogP contribution in [0, 0.1) is 0 Å². The van der Waals surface area contributed by atoms with Gasteiger partial charge < -0.3 is 31.1 Å². The summed E-state index contributed by atoms with van der Waals surface area (Å²) in [5, 5.41) is 11.6. The van der Waals surface area contributed by atoms with Crippen LogP contribution >= 0.6 is 0 Å². The Balaban J connectivity index is 1.61. The Labute approximate surface area is 225 Å². The Kier molecular flexibility index (Phi) is 10.8. The van der Waals surface area contributed by atoms with Gasteiger partial charge in [-0.3, -0.25) is 19.2 Å². The minimum absolute atomic E-state index is 0.0127. The van der Waals surface area contributed by atoms with E-state index >= 15 is 0 Å². The molecule has 0 spiro atoms. The maximum Gasteiger partial charge on any atom is 0.248 e. The summed E-state index contributed by atoms with van der Waals surface area (Å²) >= 11 is 0. The number of hydrogen-bond acceptors (Lipinski definition) is 6. The molecule has 4 atom stereocenters. The third-order valence-corrected chi connectivity index (χ3v) is 7.18. The van der Waals surface area contributed by atoms with E-state index in [2.05, 4.69) is 21.3 Å². The summed E-state index contributed by atoms with van der Waals surface area (Å²) < 4.78 is 0. The predicted molar refractivity (Wildman–Crippen MR) is 147 cm³/mol. The minimum Gasteiger partial charge on any atom is -0.350 e. The first-order valence-corrected chi connectivity index (χ1v) is 13.5. The van der Waals surface area contributed by atoms with Crippen molar-refractivity contribution in [2.24, 2.45) is 0 Å². The Hall–Kier alpha value is -3.24. The van der Waals surface area contributed by atoms with E-state index < -0.39 is 18.1 Å². The molecule has 1 unspecified atom stereocenters. The fraction of sp³-hybridized carbons (Fsp3) is 0.571. The molecule has 2 fully saturated rings. The molecule has 0 aliphatic carbocycles. The van der Waals surface area contributed by atoms with E-state index in [0.29, 0.717) is 25.1 Å². The summed E-state index contributed by atoms with van der Waals surface area (Å²) in [5.74, 6) is -0.804. The number of fused-ring (bicyclic) bond motifs is 1. The van der Waals surface area contributed by atoms with Crippen molar-refractivity contribution in [2.75, 3.05) is 33.0 Å². The molecule has 0 radical (unpaired) electrons. The number of carbonyl (C=O) groups is 4. The Morgan fingerprint density at radius 1 is 1.13 bits per heavy atom. The van der Waals surface area contributed by atoms with E-state index in [1.165, 1.54) is 6.08 Å². The molecule has 4 N–H and O–H groups in total. The third kappa shape index (κ3) is 8.13. The van der Waals surface area contributed by atoms with Crippen molar-refractivity contribution in [3.8, 4) is 0 Å². The fourth-order valence-electron chi connectivity index (χ4n) is 4.97. The van der Waals surface area contributed by atoms with Gasteiger partial charge in [-0.1, -0.05) is 31.1 Å². The first kappa shape index (κ1) is 29.3. The summed E-state index contributed by atoms with van der Waals surface area (Å²) in [4.78, 5) is 55.1. The van der Waals surface area contributed by atoms with Gasteiger partial charge in [-0.15, -0.1) is 0 Å². The highest BCUT2D eigenvalue weighted by atomic mass is 16.2. The van der Waals surface area contributed by atoms with Gasteiger partial charge in [0.05, 0.1) is 6.04 Å². The molecule has 4 amide bonds. The lowest BCUT2D eigenvalue weighted by Crippen LogP contribution is -2.57. The number of nitrogens with one attached hydrogen (secondary N) is 4. The second-order valence-electron chi connectivity index (χ2n) is 10.4. The van der Waals surface area contributed by atoms with Crippen LogP contribution in [0.4, 0.5) is 5.69 Å². The zero-order chi connectivity index (χ0) is 27.7. The van der Waals surface area contributed by atoms with Gasteiger partial charge in [-0.2, -0.15) is 0 Å². The largest absolute Gasteiger partial charge is 0.350 e. The number of anilines is 1. The van der Waals surface area contributed by atoms with E-state index in [0.717, 1.165) is 31.2 Å². The van der Waals surface area contributed by atoms with Crippen molar-refractivity contribution < 1.29 is 19.2 Å². The summed E-state index contributed by atoms with van der Waals surface area (Å²) in [6.45, 7) is 2.70. The van der Waals surface area contributed by atoms with Gasteiger partial charge >= 0.3 is 0 Å². The molecular weight excluding hydrogens is 484 g/mol. The molecular formula is C28H42N6O4. The van der Waals surface area contributed by atoms with Crippen LogP contribution in [0.1, 0.15) is 51.0 Å². The molecule has 2 aliphatic rings. The number of amides is 4. The quantitative estimate of drug-likeness (QED) is 0.342. The zero-order valence-electron chi connectivity index (χ0n) is 23.0. The van der Waals surface area contributed by atoms with Crippen molar-refractivity contribution in [1.82, 2.24) is 25.8 Å². The number of benzene rings is 1. The van der Waals surface area contributed by atoms with Crippen molar-refractivity contribution in [1.29, 1.82) is 0 Å². The number of rotatable bonds is 10. The van der Waals surface area contributed by atoms with Crippen LogP contribution in [0.3, 0.4) is 0 Å². The summed E-state index contributed by atoms with van der Waals surface area (Å²) in [5.41, 5.74) is 1.48. The predicted octanol–water partition coefficient (Wildman–Crippen LogP) is 1.39. The Bertz CT molecular complexity index is 1030. The standard InChI is InChI=1S/C28H42N6O4/c1-19(29-2)26(36)32-23-12-6-5-11-22-14-15-24(34(22)28(23)38)27(37)30-18-20-9-7-10-21(17-20)31-25(35)13-8-16-33(3)4/h7-10,13,17,19,22-24,29H,5-6,11-12,14-16,18H2,1-4H3,(H,30,37)(H,31,35)(H,32,36)/b13-8+/t19-,22?,23-,24-/m0/s1. The molecule has 10 nitrogen and oxygen atoms in total. The van der Waals surface area contributed by atoms with E-state index in [-0.39, 0.29) is 36.2 Å². The van der Waals surface area contributed by atoms with Crippen LogP contribution < -0.4 is 21.3 Å². The van der Waals surface area contributed by atoms with Crippen LogP contribution in [0.2, 0.25) is 0 Å². The van der Waals surface area contributed by atoms with Crippen LogP contribution in [0.25, 0.3) is 0 Å². The smallest absolute Gasteiger partial charge is 0.248 e. The molecule has 0 bridgehead atoms. The lowest BCUT2D eigenvalue weighted by atomic mass is 9.98. The van der Waals surface area contributed by atoms with Crippen LogP contribution in [-0.2, 0) is 25.7 Å². The topological polar surface area (TPSA) is 123 Å². The number of carbonyl (C=O) groups excluding carboxylic acids is 4. The average molecular weight is 527 g/mol. The second-order valence-corrected chi connectivity index (χ2v) is 10.4. The molecule has 1 aromatic carbocycles. The van der Waals surface area contributed by atoms with Gasteiger partial charge in [-0.05, 0) is 71.4 Å². The molecule has 2 saturated heterocycles. The lowest BCUT2D eigenvalue weighted by molar-refractivity contribution is -0.144. The van der Waals surface area contributed by atoms with Gasteiger partial charge in [0.15, 0.2) is 0 Å². The molecule has 2 aliphatic heterocycles. The van der Waals surface area contributed by atoms with Gasteiger partial charge in [0.25, 0.3) is 0 Å². The van der Waals surface area contributed by atoms with Crippen molar-refractivity contribution >= 4 is 29.3 Å². The van der Waals surface area contributed by atoms with Gasteiger partial charge in [0.2, 0.25) is 23.6 Å². The molecule has 208 valence electrons. The number of hydrogen-bond donors (Lipinski definition) is 4. The van der Waals surface area contributed by atoms with E-state index in [4.69, 9.17) is 0 Å². The number of nitrogens with zero attached hydrogens (tertiary/aromatic N) is 2. The molecule has 2 heterocycles. The normalized spacial score (nSPS) is 22.5. The molecule has 10 heteroatoms. The molecule has 0 saturated carbocycles. The van der Waals surface area contributed by atoms with E-state index in [1.807, 2.05) is 37.2 Å². The minimum atomic E-state index is -0.624. The fourth-order valence-corrected chi connectivity index (χ4v) is 4.97. The van der Waals surface area contributed by atoms with Gasteiger partial charge in [0.1, 0.15) is 12.1 Å². The summed E-state index contributed by atoms with van der Waals surface area (Å²) in [6.07, 6.45) is 7.93. The highest BCUT2D eigenvalue weighted by Crippen LogP contribution is 2.31. The van der Waals surface area contributed by atoms with Crippen molar-refractivity contribution in [2.45, 2.75) is 76.2 Å². The summed E-state index contributed by atoms with van der Waals surface area (Å²) in [6, 6.07) is 5.75. The molecule has 0 aromatic heterocycles. The number of likely N-dealkylation sites (N-methyl/N-ethyl adjacent to an activating group) is 2. The van der Waals surface area contributed by atoms with Crippen LogP contribution in [0.5, 0.6) is 0 Å². The SMILES string of the molecule is CN[C@@H](C)C(=O)N[C@H]1CCCCC2CC[C@@H](C(=O)NCc3cccc(NC(=O)/C=C/CN(C)C)c3)N2C1=O. The Morgan fingerprint density at radius 2 is 1.89 bits per heavy atom. The van der Waals surface area contributed by atoms with Gasteiger partial charge in [-0.25, -0.2) is 0 Å². The van der Waals surface area contributed by atoms with E-state index in [1.54, 1.807) is 31.0 Å². The summed E-state index contributed by atoms with van der Waals surface area (Å²) in [7, 11) is 5.56. The average Bonchev–Trinajstić information content (AvgIpc) is 3.30. The molecule has 38 heavy (non-hydrogen) atoms. The highest BCUT2D eigenvalue weighted by molar-refractivity contribution is 5.99. The van der Waals surface area contributed by atoms with Crippen LogP contribution in [-0.4, -0.2) is 85.3 Å². The van der Waals surface area contributed by atoms with Gasteiger partial charge in [0, 0.05) is 30.9 Å². The molecule has 1 aromatic rings. The Morgan fingerprint density at radius 3 is 2.63 bits per heavy atom. The monoisotopic (exact) mass is 526 g/mol. The van der Waals surface area contributed by atoms with E-state index in [9.17, 15) is 19.2 Å². The van der Waals surface area contributed by atoms with Crippen molar-refractivity contribution in [3.05, 3.63) is 42.0 Å². The second kappa shape index (κ2) is 14.1. The lowest BCUT2D eigenvalue weighted by Gasteiger charge is -2.35. The maximum atomic E-state index is 13.5. The first-order valence-electron chi connectivity index (χ1n) is 13.5. The van der Waals surface area contributed by atoms with Crippen LogP contribution in [0.15, 0.2) is 36.4 Å². The third-order valence-electron chi connectivity index (χ3n) is 7.18. The van der Waals surface area contributed by atoms with Crippen molar-refractivity contribution in [3.63, 3.8) is 0 Å². The first-order chi connectivity index (χ1) is 18.2.